The van der Waals surface area contributed by atoms with Crippen LogP contribution in [0, 0.1) is 0 Å². The Morgan fingerprint density at radius 3 is 2.92 bits per heavy atom. The Hall–Kier alpha value is -3.28. The van der Waals surface area contributed by atoms with Crippen molar-refractivity contribution in [1.82, 2.24) is 15.3 Å². The Balaban J connectivity index is 1.59. The number of fused-ring (bicyclic) bond motifs is 1. The standard InChI is InChI=1S/C19H16N4O2/c24-17-5-4-16(23-17)13-2-1-3-14(10-13)22-19(25)18-15-11-20-8-6-12(15)7-9-21-18/h1-3,6-11,16H,4-5H2,(H,22,25)(H,23,24). The van der Waals surface area contributed by atoms with Gasteiger partial charge in [-0.3, -0.25) is 19.6 Å². The fourth-order valence-electron chi connectivity index (χ4n) is 3.08. The van der Waals surface area contributed by atoms with Gasteiger partial charge in [0, 0.05) is 36.1 Å². The van der Waals surface area contributed by atoms with E-state index in [-0.39, 0.29) is 17.9 Å². The molecule has 1 aliphatic rings. The van der Waals surface area contributed by atoms with Gasteiger partial charge in [0.15, 0.2) is 0 Å². The lowest BCUT2D eigenvalue weighted by molar-refractivity contribution is -0.119. The Morgan fingerprint density at radius 2 is 2.08 bits per heavy atom. The topological polar surface area (TPSA) is 84.0 Å². The summed E-state index contributed by atoms with van der Waals surface area (Å²) in [6.07, 6.45) is 6.24. The van der Waals surface area contributed by atoms with Crippen molar-refractivity contribution in [2.24, 2.45) is 0 Å². The number of benzene rings is 1. The van der Waals surface area contributed by atoms with E-state index in [9.17, 15) is 9.59 Å². The summed E-state index contributed by atoms with van der Waals surface area (Å²) in [6, 6.07) is 11.2. The fourth-order valence-corrected chi connectivity index (χ4v) is 3.08. The van der Waals surface area contributed by atoms with Gasteiger partial charge < -0.3 is 10.6 Å². The number of nitrogens with zero attached hydrogens (tertiary/aromatic N) is 2. The number of pyridine rings is 2. The Bertz CT molecular complexity index is 965. The van der Waals surface area contributed by atoms with Gasteiger partial charge in [0.2, 0.25) is 5.91 Å². The normalized spacial score (nSPS) is 16.6. The van der Waals surface area contributed by atoms with Crippen molar-refractivity contribution in [2.75, 3.05) is 5.32 Å². The minimum absolute atomic E-state index is 0.00392. The van der Waals surface area contributed by atoms with E-state index >= 15 is 0 Å². The third-order valence-corrected chi connectivity index (χ3v) is 4.32. The smallest absolute Gasteiger partial charge is 0.274 e. The van der Waals surface area contributed by atoms with E-state index < -0.39 is 0 Å². The number of rotatable bonds is 3. The van der Waals surface area contributed by atoms with Crippen LogP contribution in [0.3, 0.4) is 0 Å². The molecule has 3 aromatic rings. The lowest BCUT2D eigenvalue weighted by atomic mass is 10.0. The Kier molecular flexibility index (Phi) is 3.85. The second kappa shape index (κ2) is 6.32. The number of hydrogen-bond acceptors (Lipinski definition) is 4. The minimum Gasteiger partial charge on any atom is -0.349 e. The highest BCUT2D eigenvalue weighted by Crippen LogP contribution is 2.26. The maximum atomic E-state index is 12.6. The zero-order valence-corrected chi connectivity index (χ0v) is 13.4. The van der Waals surface area contributed by atoms with Gasteiger partial charge in [0.25, 0.3) is 5.91 Å². The number of nitrogens with one attached hydrogen (secondary N) is 2. The van der Waals surface area contributed by atoms with Crippen LogP contribution < -0.4 is 10.6 Å². The molecule has 1 unspecified atom stereocenters. The molecule has 0 aliphatic carbocycles. The molecule has 25 heavy (non-hydrogen) atoms. The van der Waals surface area contributed by atoms with Crippen LogP contribution in [0.4, 0.5) is 5.69 Å². The van der Waals surface area contributed by atoms with E-state index in [1.54, 1.807) is 18.6 Å². The average molecular weight is 332 g/mol. The third kappa shape index (κ3) is 3.06. The predicted molar refractivity (Wildman–Crippen MR) is 94.1 cm³/mol. The fraction of sp³-hybridized carbons (Fsp3) is 0.158. The van der Waals surface area contributed by atoms with Crippen LogP contribution in [0.15, 0.2) is 55.0 Å². The van der Waals surface area contributed by atoms with E-state index in [2.05, 4.69) is 20.6 Å². The largest absolute Gasteiger partial charge is 0.349 e. The molecule has 1 aliphatic heterocycles. The van der Waals surface area contributed by atoms with E-state index in [1.165, 1.54) is 0 Å². The van der Waals surface area contributed by atoms with E-state index in [1.807, 2.05) is 36.4 Å². The third-order valence-electron chi connectivity index (χ3n) is 4.32. The first-order chi connectivity index (χ1) is 12.2. The highest BCUT2D eigenvalue weighted by molar-refractivity contribution is 6.11. The molecule has 1 saturated heterocycles. The summed E-state index contributed by atoms with van der Waals surface area (Å²) < 4.78 is 0. The van der Waals surface area contributed by atoms with Crippen LogP contribution in [0.5, 0.6) is 0 Å². The summed E-state index contributed by atoms with van der Waals surface area (Å²) in [4.78, 5) is 32.3. The van der Waals surface area contributed by atoms with Gasteiger partial charge in [0.05, 0.1) is 6.04 Å². The van der Waals surface area contributed by atoms with Gasteiger partial charge in [-0.25, -0.2) is 0 Å². The molecule has 3 heterocycles. The summed E-state index contributed by atoms with van der Waals surface area (Å²) in [5.41, 5.74) is 1.99. The van der Waals surface area contributed by atoms with Crippen molar-refractivity contribution in [3.8, 4) is 0 Å². The van der Waals surface area contributed by atoms with Crippen molar-refractivity contribution in [3.05, 3.63) is 66.2 Å². The molecule has 1 aromatic carbocycles. The first kappa shape index (κ1) is 15.3. The van der Waals surface area contributed by atoms with Gasteiger partial charge in [-0.05, 0) is 41.6 Å². The van der Waals surface area contributed by atoms with Crippen LogP contribution in [-0.4, -0.2) is 21.8 Å². The van der Waals surface area contributed by atoms with Gasteiger partial charge >= 0.3 is 0 Å². The summed E-state index contributed by atoms with van der Waals surface area (Å²) in [6.45, 7) is 0. The molecule has 0 radical (unpaired) electrons. The van der Waals surface area contributed by atoms with Crippen molar-refractivity contribution in [1.29, 1.82) is 0 Å². The quantitative estimate of drug-likeness (QED) is 0.772. The molecule has 4 rings (SSSR count). The van der Waals surface area contributed by atoms with Gasteiger partial charge in [-0.2, -0.15) is 0 Å². The summed E-state index contributed by atoms with van der Waals surface area (Å²) in [5, 5.41) is 7.44. The highest BCUT2D eigenvalue weighted by Gasteiger charge is 2.22. The van der Waals surface area contributed by atoms with Crippen LogP contribution >= 0.6 is 0 Å². The van der Waals surface area contributed by atoms with Crippen molar-refractivity contribution in [2.45, 2.75) is 18.9 Å². The zero-order valence-electron chi connectivity index (χ0n) is 13.4. The van der Waals surface area contributed by atoms with Crippen molar-refractivity contribution < 1.29 is 9.59 Å². The first-order valence-electron chi connectivity index (χ1n) is 8.10. The first-order valence-corrected chi connectivity index (χ1v) is 8.10. The molecule has 2 aromatic heterocycles. The molecule has 0 spiro atoms. The number of hydrogen-bond donors (Lipinski definition) is 2. The molecular formula is C19H16N4O2. The Morgan fingerprint density at radius 1 is 1.20 bits per heavy atom. The minimum atomic E-state index is -0.286. The number of carbonyl (C=O) groups excluding carboxylic acids is 2. The molecule has 1 fully saturated rings. The number of carbonyl (C=O) groups is 2. The summed E-state index contributed by atoms with van der Waals surface area (Å²) in [5.74, 6) is -0.224. The van der Waals surface area contributed by atoms with E-state index in [0.717, 1.165) is 17.4 Å². The second-order valence-electron chi connectivity index (χ2n) is 5.99. The molecule has 0 bridgehead atoms. The predicted octanol–water partition coefficient (Wildman–Crippen LogP) is 2.83. The number of amides is 2. The maximum Gasteiger partial charge on any atom is 0.274 e. The highest BCUT2D eigenvalue weighted by atomic mass is 16.2. The van der Waals surface area contributed by atoms with Crippen molar-refractivity contribution >= 4 is 28.3 Å². The molecule has 2 amide bonds. The second-order valence-corrected chi connectivity index (χ2v) is 5.99. The lowest BCUT2D eigenvalue weighted by Gasteiger charge is -2.13. The molecule has 0 saturated carbocycles. The van der Waals surface area contributed by atoms with Crippen LogP contribution in [-0.2, 0) is 4.79 Å². The van der Waals surface area contributed by atoms with Gasteiger partial charge in [-0.1, -0.05) is 12.1 Å². The number of aromatic nitrogens is 2. The maximum absolute atomic E-state index is 12.6. The summed E-state index contributed by atoms with van der Waals surface area (Å²) >= 11 is 0. The van der Waals surface area contributed by atoms with Crippen LogP contribution in [0.25, 0.3) is 10.8 Å². The Labute approximate surface area is 144 Å². The van der Waals surface area contributed by atoms with Crippen LogP contribution in [0.2, 0.25) is 0 Å². The zero-order chi connectivity index (χ0) is 17.2. The molecular weight excluding hydrogens is 316 g/mol. The van der Waals surface area contributed by atoms with Gasteiger partial charge in [0.1, 0.15) is 5.69 Å². The van der Waals surface area contributed by atoms with E-state index in [4.69, 9.17) is 0 Å². The molecule has 1 atom stereocenters. The molecule has 124 valence electrons. The van der Waals surface area contributed by atoms with Crippen molar-refractivity contribution in [3.63, 3.8) is 0 Å². The number of anilines is 1. The van der Waals surface area contributed by atoms with Crippen LogP contribution in [0.1, 0.15) is 34.9 Å². The lowest BCUT2D eigenvalue weighted by Crippen LogP contribution is -2.19. The monoisotopic (exact) mass is 332 g/mol. The molecule has 6 nitrogen and oxygen atoms in total. The summed E-state index contributed by atoms with van der Waals surface area (Å²) in [7, 11) is 0. The SMILES string of the molecule is O=C1CCC(c2cccc(NC(=O)c3nccc4ccncc34)c2)N1. The van der Waals surface area contributed by atoms with E-state index in [0.29, 0.717) is 23.2 Å². The average Bonchev–Trinajstić information content (AvgIpc) is 3.08. The molecule has 2 N–H and O–H groups in total. The molecule has 6 heteroatoms. The van der Waals surface area contributed by atoms with Gasteiger partial charge in [-0.15, -0.1) is 0 Å².